The maximum absolute atomic E-state index is 3.52. The Hall–Kier alpha value is -0.760. The fraction of sp³-hybridized carbons (Fsp3) is 0.600. The lowest BCUT2D eigenvalue weighted by molar-refractivity contribution is 0.413. The Balaban J connectivity index is 2.38. The summed E-state index contributed by atoms with van der Waals surface area (Å²) in [6.45, 7) is 6.66. The predicted molar refractivity (Wildman–Crippen MR) is 50.2 cm³/mol. The molecule has 2 nitrogen and oxygen atoms in total. The number of fused-ring (bicyclic) bond motifs is 1. The van der Waals surface area contributed by atoms with Gasteiger partial charge in [-0.15, -0.1) is 0 Å². The van der Waals surface area contributed by atoms with Gasteiger partial charge in [0.2, 0.25) is 0 Å². The summed E-state index contributed by atoms with van der Waals surface area (Å²) < 4.78 is 2.42. The molecule has 1 aliphatic rings. The molecule has 1 atom stereocenters. The summed E-state index contributed by atoms with van der Waals surface area (Å²) in [5.41, 5.74) is 2.85. The van der Waals surface area contributed by atoms with Gasteiger partial charge >= 0.3 is 0 Å². The summed E-state index contributed by atoms with van der Waals surface area (Å²) in [6, 6.07) is 5.04. The van der Waals surface area contributed by atoms with Gasteiger partial charge in [0.25, 0.3) is 0 Å². The van der Waals surface area contributed by atoms with Crippen molar-refractivity contribution in [2.75, 3.05) is 6.54 Å². The van der Waals surface area contributed by atoms with Gasteiger partial charge in [-0.05, 0) is 25.5 Å². The second kappa shape index (κ2) is 2.94. The van der Waals surface area contributed by atoms with Gasteiger partial charge in [0.15, 0.2) is 0 Å². The van der Waals surface area contributed by atoms with Crippen molar-refractivity contribution >= 4 is 0 Å². The zero-order chi connectivity index (χ0) is 8.55. The molecule has 0 unspecified atom stereocenters. The molecule has 0 spiro atoms. The van der Waals surface area contributed by atoms with Crippen LogP contribution >= 0.6 is 0 Å². The van der Waals surface area contributed by atoms with E-state index in [1.54, 1.807) is 0 Å². The molecule has 1 aliphatic heterocycles. The van der Waals surface area contributed by atoms with Crippen molar-refractivity contribution in [3.8, 4) is 0 Å². The average molecular weight is 164 g/mol. The van der Waals surface area contributed by atoms with E-state index in [1.807, 2.05) is 0 Å². The Morgan fingerprint density at radius 1 is 1.58 bits per heavy atom. The minimum atomic E-state index is 0.576. The number of aryl methyl sites for hydroxylation is 1. The van der Waals surface area contributed by atoms with Crippen molar-refractivity contribution in [2.24, 2.45) is 0 Å². The van der Waals surface area contributed by atoms with Gasteiger partial charge in [-0.1, -0.05) is 6.92 Å². The SMILES string of the molecule is CC[C@H]1NCCn2c(C)ccc21. The first-order valence-electron chi connectivity index (χ1n) is 4.72. The number of nitrogens with one attached hydrogen (secondary N) is 1. The molecule has 0 aliphatic carbocycles. The van der Waals surface area contributed by atoms with Crippen molar-refractivity contribution in [3.63, 3.8) is 0 Å². The topological polar surface area (TPSA) is 17.0 Å². The molecule has 66 valence electrons. The normalized spacial score (nSPS) is 22.3. The molecule has 0 saturated heterocycles. The lowest BCUT2D eigenvalue weighted by Gasteiger charge is -2.26. The number of hydrogen-bond acceptors (Lipinski definition) is 1. The molecule has 0 radical (unpaired) electrons. The molecule has 1 aromatic rings. The molecular weight excluding hydrogens is 148 g/mol. The quantitative estimate of drug-likeness (QED) is 0.670. The third-order valence-corrected chi connectivity index (χ3v) is 2.72. The number of hydrogen-bond donors (Lipinski definition) is 1. The van der Waals surface area contributed by atoms with Crippen molar-refractivity contribution in [1.82, 2.24) is 9.88 Å². The predicted octanol–water partition coefficient (Wildman–Crippen LogP) is 1.85. The summed E-state index contributed by atoms with van der Waals surface area (Å²) in [7, 11) is 0. The maximum atomic E-state index is 3.52. The van der Waals surface area contributed by atoms with Gasteiger partial charge in [0.1, 0.15) is 0 Å². The molecule has 12 heavy (non-hydrogen) atoms. The number of aromatic nitrogens is 1. The standard InChI is InChI=1S/C10H16N2/c1-3-9-10-5-4-8(2)12(10)7-6-11-9/h4-5,9,11H,3,6-7H2,1-2H3/t9-/m1/s1. The highest BCUT2D eigenvalue weighted by Crippen LogP contribution is 2.22. The first kappa shape index (κ1) is 7.87. The van der Waals surface area contributed by atoms with Gasteiger partial charge in [-0.2, -0.15) is 0 Å². The molecule has 2 heteroatoms. The highest BCUT2D eigenvalue weighted by atomic mass is 15.1. The largest absolute Gasteiger partial charge is 0.346 e. The van der Waals surface area contributed by atoms with Crippen LogP contribution in [0.2, 0.25) is 0 Å². The van der Waals surface area contributed by atoms with E-state index >= 15 is 0 Å². The van der Waals surface area contributed by atoms with Crippen molar-refractivity contribution in [1.29, 1.82) is 0 Å². The fourth-order valence-electron chi connectivity index (χ4n) is 2.01. The summed E-state index contributed by atoms with van der Waals surface area (Å²) in [5, 5.41) is 3.52. The van der Waals surface area contributed by atoms with E-state index in [4.69, 9.17) is 0 Å². The van der Waals surface area contributed by atoms with E-state index in [2.05, 4.69) is 35.9 Å². The van der Waals surface area contributed by atoms with Crippen molar-refractivity contribution in [2.45, 2.75) is 32.9 Å². The van der Waals surface area contributed by atoms with Crippen LogP contribution in [0.15, 0.2) is 12.1 Å². The van der Waals surface area contributed by atoms with Crippen LogP contribution in [0.5, 0.6) is 0 Å². The van der Waals surface area contributed by atoms with Gasteiger partial charge in [0, 0.05) is 30.5 Å². The summed E-state index contributed by atoms with van der Waals surface area (Å²) in [5.74, 6) is 0. The first-order chi connectivity index (χ1) is 5.83. The zero-order valence-electron chi connectivity index (χ0n) is 7.80. The summed E-state index contributed by atoms with van der Waals surface area (Å²) in [6.07, 6.45) is 1.18. The molecular formula is C10H16N2. The van der Waals surface area contributed by atoms with Crippen LogP contribution in [0.4, 0.5) is 0 Å². The van der Waals surface area contributed by atoms with E-state index in [-0.39, 0.29) is 0 Å². The molecule has 2 heterocycles. The fourth-order valence-corrected chi connectivity index (χ4v) is 2.01. The minimum Gasteiger partial charge on any atom is -0.346 e. The molecule has 0 saturated carbocycles. The molecule has 2 rings (SSSR count). The third-order valence-electron chi connectivity index (χ3n) is 2.72. The minimum absolute atomic E-state index is 0.576. The van der Waals surface area contributed by atoms with Gasteiger partial charge < -0.3 is 9.88 Å². The van der Waals surface area contributed by atoms with Gasteiger partial charge in [-0.25, -0.2) is 0 Å². The molecule has 0 bridgehead atoms. The number of rotatable bonds is 1. The van der Waals surface area contributed by atoms with Crippen LogP contribution in [0.1, 0.15) is 30.8 Å². The van der Waals surface area contributed by atoms with Crippen LogP contribution in [-0.4, -0.2) is 11.1 Å². The Morgan fingerprint density at radius 2 is 2.42 bits per heavy atom. The van der Waals surface area contributed by atoms with Gasteiger partial charge in [0.05, 0.1) is 0 Å². The van der Waals surface area contributed by atoms with Crippen LogP contribution < -0.4 is 5.32 Å². The Kier molecular flexibility index (Phi) is 1.93. The van der Waals surface area contributed by atoms with Crippen molar-refractivity contribution in [3.05, 3.63) is 23.5 Å². The van der Waals surface area contributed by atoms with E-state index in [9.17, 15) is 0 Å². The van der Waals surface area contributed by atoms with E-state index < -0.39 is 0 Å². The Morgan fingerprint density at radius 3 is 3.17 bits per heavy atom. The van der Waals surface area contributed by atoms with Crippen LogP contribution in [0.3, 0.4) is 0 Å². The highest BCUT2D eigenvalue weighted by Gasteiger charge is 2.18. The lowest BCUT2D eigenvalue weighted by Crippen LogP contribution is -2.32. The van der Waals surface area contributed by atoms with E-state index in [0.29, 0.717) is 6.04 Å². The Labute approximate surface area is 73.6 Å². The zero-order valence-corrected chi connectivity index (χ0v) is 7.80. The smallest absolute Gasteiger partial charge is 0.0472 e. The molecule has 0 aromatic carbocycles. The molecule has 0 amide bonds. The highest BCUT2D eigenvalue weighted by molar-refractivity contribution is 5.20. The van der Waals surface area contributed by atoms with Crippen LogP contribution in [0.25, 0.3) is 0 Å². The van der Waals surface area contributed by atoms with Crippen molar-refractivity contribution < 1.29 is 0 Å². The summed E-state index contributed by atoms with van der Waals surface area (Å²) >= 11 is 0. The average Bonchev–Trinajstić information content (AvgIpc) is 2.48. The molecule has 1 aromatic heterocycles. The van der Waals surface area contributed by atoms with E-state index in [0.717, 1.165) is 13.1 Å². The second-order valence-electron chi connectivity index (χ2n) is 3.47. The van der Waals surface area contributed by atoms with E-state index in [1.165, 1.54) is 17.8 Å². The third kappa shape index (κ3) is 1.07. The number of nitrogens with zero attached hydrogens (tertiary/aromatic N) is 1. The molecule has 0 fully saturated rings. The Bertz CT molecular complexity index is 275. The van der Waals surface area contributed by atoms with Gasteiger partial charge in [-0.3, -0.25) is 0 Å². The second-order valence-corrected chi connectivity index (χ2v) is 3.47. The molecule has 1 N–H and O–H groups in total. The monoisotopic (exact) mass is 164 g/mol. The first-order valence-corrected chi connectivity index (χ1v) is 4.72. The lowest BCUT2D eigenvalue weighted by atomic mass is 10.1. The summed E-state index contributed by atoms with van der Waals surface area (Å²) in [4.78, 5) is 0. The van der Waals surface area contributed by atoms with Crippen LogP contribution in [-0.2, 0) is 6.54 Å². The maximum Gasteiger partial charge on any atom is 0.0472 e. The van der Waals surface area contributed by atoms with Crippen LogP contribution in [0, 0.1) is 6.92 Å².